The zero-order chi connectivity index (χ0) is 43.1. The smallest absolute Gasteiger partial charge is 0.306 e. The lowest BCUT2D eigenvalue weighted by Gasteiger charge is -2.24. The number of ether oxygens (including phenoxy) is 1. The van der Waals surface area contributed by atoms with Gasteiger partial charge in [-0.05, 0) is 51.4 Å². The number of amides is 1. The Morgan fingerprint density at radius 2 is 0.847 bits per heavy atom. The number of unbranched alkanes of at least 4 members (excludes halogenated alkanes) is 32. The molecule has 0 fully saturated rings. The van der Waals surface area contributed by atoms with E-state index in [1.807, 2.05) is 0 Å². The summed E-state index contributed by atoms with van der Waals surface area (Å²) in [5.74, 6) is -0.479. The van der Waals surface area contributed by atoms with Crippen LogP contribution >= 0.6 is 0 Å². The monoisotopic (exact) mass is 832 g/mol. The summed E-state index contributed by atoms with van der Waals surface area (Å²) < 4.78 is 5.93. The van der Waals surface area contributed by atoms with Gasteiger partial charge in [0, 0.05) is 6.42 Å². The van der Waals surface area contributed by atoms with Crippen LogP contribution in [0.3, 0.4) is 0 Å². The predicted molar refractivity (Wildman–Crippen MR) is 255 cm³/mol. The molecule has 0 radical (unpaired) electrons. The molecule has 6 heteroatoms. The lowest BCUT2D eigenvalue weighted by Crippen LogP contribution is -2.46. The first-order chi connectivity index (χ1) is 29.0. The van der Waals surface area contributed by atoms with E-state index in [0.717, 1.165) is 51.4 Å². The molecule has 348 valence electrons. The van der Waals surface area contributed by atoms with Crippen LogP contribution < -0.4 is 5.32 Å². The van der Waals surface area contributed by atoms with Crippen molar-refractivity contribution in [3.05, 3.63) is 24.3 Å². The maximum atomic E-state index is 13.2. The van der Waals surface area contributed by atoms with Gasteiger partial charge in [0.15, 0.2) is 0 Å². The number of nitrogens with one attached hydrogen (secondary N) is 1. The highest BCUT2D eigenvalue weighted by Crippen LogP contribution is 2.18. The van der Waals surface area contributed by atoms with Crippen LogP contribution in [0.5, 0.6) is 0 Å². The van der Waals surface area contributed by atoms with Crippen molar-refractivity contribution in [1.29, 1.82) is 0 Å². The fourth-order valence-corrected chi connectivity index (χ4v) is 8.07. The van der Waals surface area contributed by atoms with Gasteiger partial charge in [-0.3, -0.25) is 9.59 Å². The summed E-state index contributed by atoms with van der Waals surface area (Å²) in [6, 6.07) is -0.699. The molecule has 0 aromatic heterocycles. The van der Waals surface area contributed by atoms with E-state index in [4.69, 9.17) is 4.74 Å². The summed E-state index contributed by atoms with van der Waals surface area (Å²) in [5.41, 5.74) is 0. The second-order valence-corrected chi connectivity index (χ2v) is 18.0. The number of carbonyl (C=O) groups excluding carboxylic acids is 2. The van der Waals surface area contributed by atoms with Crippen LogP contribution in [0.25, 0.3) is 0 Å². The molecule has 0 heterocycles. The largest absolute Gasteiger partial charge is 0.462 e. The van der Waals surface area contributed by atoms with Crippen molar-refractivity contribution in [3.8, 4) is 0 Å². The first kappa shape index (κ1) is 57.3. The summed E-state index contributed by atoms with van der Waals surface area (Å²) >= 11 is 0. The Kier molecular flexibility index (Phi) is 46.1. The van der Waals surface area contributed by atoms with Gasteiger partial charge in [0.2, 0.25) is 5.91 Å². The molecule has 59 heavy (non-hydrogen) atoms. The second kappa shape index (κ2) is 47.4. The molecule has 0 rings (SSSR count). The van der Waals surface area contributed by atoms with Gasteiger partial charge >= 0.3 is 5.97 Å². The minimum absolute atomic E-state index is 0.0764. The van der Waals surface area contributed by atoms with E-state index in [1.54, 1.807) is 0 Å². The van der Waals surface area contributed by atoms with Gasteiger partial charge in [0.05, 0.1) is 25.2 Å². The highest BCUT2D eigenvalue weighted by molar-refractivity contribution is 5.77. The molecule has 0 spiro atoms. The van der Waals surface area contributed by atoms with Gasteiger partial charge in [-0.1, -0.05) is 238 Å². The Hall–Kier alpha value is -1.66. The van der Waals surface area contributed by atoms with Crippen molar-refractivity contribution in [1.82, 2.24) is 5.32 Å². The minimum atomic E-state index is -0.785. The van der Waals surface area contributed by atoms with E-state index in [1.165, 1.54) is 180 Å². The standard InChI is InChI=1S/C53H101NO5/c1-4-7-10-13-16-19-22-23-24-25-26-27-28-31-34-37-40-43-46-53(58)59-49(44-41-38-35-32-29-20-17-14-11-8-5-2)47-52(57)54-50(48-55)51(56)45-42-39-36-33-30-21-18-15-12-9-6-3/h24-27,49-51,55-56H,4-23,28-48H2,1-3H3,(H,54,57)/b25-24+,27-26+. The molecule has 3 N–H and O–H groups in total. The van der Waals surface area contributed by atoms with Crippen molar-refractivity contribution in [3.63, 3.8) is 0 Å². The van der Waals surface area contributed by atoms with E-state index in [2.05, 4.69) is 50.4 Å². The van der Waals surface area contributed by atoms with Gasteiger partial charge in [-0.15, -0.1) is 0 Å². The lowest BCUT2D eigenvalue weighted by atomic mass is 10.0. The van der Waals surface area contributed by atoms with Gasteiger partial charge in [-0.25, -0.2) is 0 Å². The number of esters is 1. The number of aliphatic hydroxyl groups is 2. The predicted octanol–water partition coefficient (Wildman–Crippen LogP) is 15.5. The molecule has 0 aliphatic rings. The minimum Gasteiger partial charge on any atom is -0.462 e. The highest BCUT2D eigenvalue weighted by Gasteiger charge is 2.24. The highest BCUT2D eigenvalue weighted by atomic mass is 16.5. The van der Waals surface area contributed by atoms with Crippen LogP contribution in [0, 0.1) is 0 Å². The molecular weight excluding hydrogens is 731 g/mol. The molecule has 0 aliphatic heterocycles. The zero-order valence-electron chi connectivity index (χ0n) is 39.7. The molecule has 1 amide bonds. The van der Waals surface area contributed by atoms with Crippen molar-refractivity contribution in [2.75, 3.05) is 6.61 Å². The molecule has 3 unspecified atom stereocenters. The van der Waals surface area contributed by atoms with E-state index >= 15 is 0 Å². The summed E-state index contributed by atoms with van der Waals surface area (Å²) in [6.45, 7) is 6.48. The third kappa shape index (κ3) is 42.8. The second-order valence-electron chi connectivity index (χ2n) is 18.0. The van der Waals surface area contributed by atoms with Crippen LogP contribution in [-0.2, 0) is 14.3 Å². The summed E-state index contributed by atoms with van der Waals surface area (Å²) in [5, 5.41) is 23.7. The van der Waals surface area contributed by atoms with E-state index in [9.17, 15) is 19.8 Å². The molecule has 3 atom stereocenters. The van der Waals surface area contributed by atoms with Crippen molar-refractivity contribution < 1.29 is 24.5 Å². The number of hydrogen-bond donors (Lipinski definition) is 3. The Balaban J connectivity index is 4.51. The van der Waals surface area contributed by atoms with E-state index in [-0.39, 0.29) is 24.9 Å². The van der Waals surface area contributed by atoms with Crippen LogP contribution in [0.2, 0.25) is 0 Å². The third-order valence-electron chi connectivity index (χ3n) is 12.1. The first-order valence-corrected chi connectivity index (χ1v) is 26.1. The fourth-order valence-electron chi connectivity index (χ4n) is 8.07. The van der Waals surface area contributed by atoms with Gasteiger partial charge in [0.25, 0.3) is 0 Å². The van der Waals surface area contributed by atoms with Crippen LogP contribution in [0.15, 0.2) is 24.3 Å². The average molecular weight is 832 g/mol. The third-order valence-corrected chi connectivity index (χ3v) is 12.1. The molecule has 0 aromatic carbocycles. The van der Waals surface area contributed by atoms with Gasteiger partial charge in [-0.2, -0.15) is 0 Å². The van der Waals surface area contributed by atoms with Crippen LogP contribution in [0.1, 0.15) is 278 Å². The zero-order valence-corrected chi connectivity index (χ0v) is 39.7. The number of carbonyl (C=O) groups is 2. The number of hydrogen-bond acceptors (Lipinski definition) is 5. The van der Waals surface area contributed by atoms with E-state index < -0.39 is 18.2 Å². The quantitative estimate of drug-likeness (QED) is 0.0322. The molecular formula is C53H101NO5. The normalized spacial score (nSPS) is 13.4. The number of rotatable bonds is 47. The maximum absolute atomic E-state index is 13.2. The Morgan fingerprint density at radius 1 is 0.492 bits per heavy atom. The van der Waals surface area contributed by atoms with Crippen molar-refractivity contribution >= 4 is 11.9 Å². The fraction of sp³-hybridized carbons (Fsp3) is 0.887. The van der Waals surface area contributed by atoms with Crippen LogP contribution in [0.4, 0.5) is 0 Å². The summed E-state index contributed by atoms with van der Waals surface area (Å²) in [6.07, 6.45) is 53.8. The topological polar surface area (TPSA) is 95.9 Å². The Labute approximate surface area is 367 Å². The lowest BCUT2D eigenvalue weighted by molar-refractivity contribution is -0.151. The van der Waals surface area contributed by atoms with Crippen molar-refractivity contribution in [2.45, 2.75) is 296 Å². The molecule has 6 nitrogen and oxygen atoms in total. The van der Waals surface area contributed by atoms with Crippen molar-refractivity contribution in [2.24, 2.45) is 0 Å². The SMILES string of the molecule is CCCCCCCCC/C=C/C=C/CCCCCCCC(=O)OC(CCCCCCCCCCCCC)CC(=O)NC(CO)C(O)CCCCCCCCCCCCC. The first-order valence-electron chi connectivity index (χ1n) is 26.1. The maximum Gasteiger partial charge on any atom is 0.306 e. The molecule has 0 saturated heterocycles. The molecule has 0 aliphatic carbocycles. The molecule has 0 saturated carbocycles. The van der Waals surface area contributed by atoms with E-state index in [0.29, 0.717) is 19.3 Å². The molecule has 0 bridgehead atoms. The Morgan fingerprint density at radius 3 is 1.25 bits per heavy atom. The van der Waals surface area contributed by atoms with Gasteiger partial charge < -0.3 is 20.3 Å². The summed E-state index contributed by atoms with van der Waals surface area (Å²) in [4.78, 5) is 26.1. The number of aliphatic hydroxyl groups excluding tert-OH is 2. The average Bonchev–Trinajstić information content (AvgIpc) is 3.23. The molecule has 0 aromatic rings. The van der Waals surface area contributed by atoms with Gasteiger partial charge in [0.1, 0.15) is 6.10 Å². The summed E-state index contributed by atoms with van der Waals surface area (Å²) in [7, 11) is 0. The Bertz CT molecular complexity index is 935. The van der Waals surface area contributed by atoms with Crippen LogP contribution in [-0.4, -0.2) is 46.9 Å². The number of allylic oxidation sites excluding steroid dienone is 4.